The summed E-state index contributed by atoms with van der Waals surface area (Å²) >= 11 is 0. The molecular weight excluding hydrogens is 363 g/mol. The third-order valence-electron chi connectivity index (χ3n) is 2.81. The SMILES string of the molecule is CC.O=c1ccc2nc3ccc(OS(=O)(=O)C(F)(F)F)cc3oc-2c1. The van der Waals surface area contributed by atoms with Crippen LogP contribution in [0.5, 0.6) is 5.75 Å². The first-order valence-corrected chi connectivity index (χ1v) is 8.42. The van der Waals surface area contributed by atoms with Crippen LogP contribution < -0.4 is 9.61 Å². The molecule has 3 rings (SSSR count). The summed E-state index contributed by atoms with van der Waals surface area (Å²) in [6.07, 6.45) is 0. The number of rotatable bonds is 2. The van der Waals surface area contributed by atoms with Gasteiger partial charge < -0.3 is 8.60 Å². The van der Waals surface area contributed by atoms with Gasteiger partial charge in [0.1, 0.15) is 17.0 Å². The molecule has 0 radical (unpaired) electrons. The number of aromatic nitrogens is 1. The number of alkyl halides is 3. The van der Waals surface area contributed by atoms with Crippen LogP contribution >= 0.6 is 0 Å². The molecule has 0 spiro atoms. The largest absolute Gasteiger partial charge is 0.534 e. The molecule has 0 saturated carbocycles. The zero-order valence-electron chi connectivity index (χ0n) is 13.0. The van der Waals surface area contributed by atoms with Crippen molar-refractivity contribution in [2.75, 3.05) is 0 Å². The monoisotopic (exact) mass is 375 g/mol. The molecule has 25 heavy (non-hydrogen) atoms. The quantitative estimate of drug-likeness (QED) is 0.387. The van der Waals surface area contributed by atoms with Crippen molar-refractivity contribution >= 4 is 21.2 Å². The first-order valence-electron chi connectivity index (χ1n) is 7.01. The summed E-state index contributed by atoms with van der Waals surface area (Å²) in [6, 6.07) is 7.07. The van der Waals surface area contributed by atoms with Gasteiger partial charge in [-0.15, -0.1) is 0 Å². The Morgan fingerprint density at radius 3 is 2.40 bits per heavy atom. The average Bonchev–Trinajstić information content (AvgIpc) is 2.53. The molecule has 6 nitrogen and oxygen atoms in total. The number of benzene rings is 2. The maximum absolute atomic E-state index is 12.3. The van der Waals surface area contributed by atoms with E-state index in [0.29, 0.717) is 5.69 Å². The molecule has 0 bridgehead atoms. The van der Waals surface area contributed by atoms with Gasteiger partial charge in [-0.2, -0.15) is 21.6 Å². The Kier molecular flexibility index (Phi) is 5.02. The Morgan fingerprint density at radius 2 is 1.76 bits per heavy atom. The lowest BCUT2D eigenvalue weighted by molar-refractivity contribution is -0.0500. The number of hydrogen-bond donors (Lipinski definition) is 0. The van der Waals surface area contributed by atoms with Gasteiger partial charge in [-0.3, -0.25) is 4.79 Å². The van der Waals surface area contributed by atoms with E-state index in [1.165, 1.54) is 18.2 Å². The van der Waals surface area contributed by atoms with Gasteiger partial charge in [0.2, 0.25) is 0 Å². The lowest BCUT2D eigenvalue weighted by Gasteiger charge is -2.10. The Balaban J connectivity index is 0.00000109. The van der Waals surface area contributed by atoms with Gasteiger partial charge in [0, 0.05) is 12.1 Å². The van der Waals surface area contributed by atoms with Crippen LogP contribution in [0.1, 0.15) is 13.8 Å². The summed E-state index contributed by atoms with van der Waals surface area (Å²) in [5.41, 5.74) is -5.29. The molecule has 10 heteroatoms. The summed E-state index contributed by atoms with van der Waals surface area (Å²) in [7, 11) is -5.78. The van der Waals surface area contributed by atoms with Crippen molar-refractivity contribution in [2.24, 2.45) is 0 Å². The standard InChI is InChI=1S/C13H6F3NO5S.C2H6/c14-13(15,16)23(19,20)22-8-2-4-10-12(6-8)21-11-5-7(18)1-3-9(11)17-10;1-2/h1-6H;1-2H3. The highest BCUT2D eigenvalue weighted by Crippen LogP contribution is 2.30. The second-order valence-electron chi connectivity index (χ2n) is 4.46. The van der Waals surface area contributed by atoms with Gasteiger partial charge in [0.05, 0.1) is 0 Å². The molecule has 0 amide bonds. The Labute approximate surface area is 140 Å². The van der Waals surface area contributed by atoms with Gasteiger partial charge in [-0.25, -0.2) is 4.98 Å². The fourth-order valence-electron chi connectivity index (χ4n) is 1.81. The van der Waals surface area contributed by atoms with Crippen molar-refractivity contribution < 1.29 is 30.2 Å². The van der Waals surface area contributed by atoms with Crippen molar-refractivity contribution in [3.8, 4) is 17.2 Å². The molecule has 0 fully saturated rings. The highest BCUT2D eigenvalue weighted by molar-refractivity contribution is 7.88. The van der Waals surface area contributed by atoms with E-state index < -0.39 is 21.4 Å². The van der Waals surface area contributed by atoms with E-state index in [-0.39, 0.29) is 22.3 Å². The predicted octanol–water partition coefficient (Wildman–Crippen LogP) is 3.55. The molecule has 134 valence electrons. The van der Waals surface area contributed by atoms with Crippen molar-refractivity contribution in [1.29, 1.82) is 0 Å². The third kappa shape index (κ3) is 3.90. The molecule has 0 unspecified atom stereocenters. The number of nitrogens with zero attached hydrogens (tertiary/aromatic N) is 1. The fraction of sp³-hybridized carbons (Fsp3) is 0.200. The molecule has 1 aliphatic heterocycles. The van der Waals surface area contributed by atoms with Crippen LogP contribution in [0.25, 0.3) is 22.6 Å². The van der Waals surface area contributed by atoms with E-state index in [1.807, 2.05) is 13.8 Å². The maximum atomic E-state index is 12.3. The molecule has 1 heterocycles. The average molecular weight is 375 g/mol. The number of halogens is 3. The van der Waals surface area contributed by atoms with Crippen LogP contribution in [0.15, 0.2) is 45.6 Å². The van der Waals surface area contributed by atoms with Crippen LogP contribution in [-0.4, -0.2) is 18.9 Å². The fourth-order valence-corrected chi connectivity index (χ4v) is 2.26. The lowest BCUT2D eigenvalue weighted by atomic mass is 10.2. The number of fused-ring (bicyclic) bond motifs is 2. The van der Waals surface area contributed by atoms with Gasteiger partial charge in [-0.1, -0.05) is 13.8 Å². The molecule has 1 aliphatic carbocycles. The lowest BCUT2D eigenvalue weighted by Crippen LogP contribution is -2.28. The molecule has 1 aromatic carbocycles. The minimum atomic E-state index is -5.78. The van der Waals surface area contributed by atoms with Crippen LogP contribution in [-0.2, 0) is 10.1 Å². The Morgan fingerprint density at radius 1 is 1.08 bits per heavy atom. The minimum absolute atomic E-state index is 0.0297. The molecule has 0 saturated heterocycles. The molecule has 0 aromatic heterocycles. The highest BCUT2D eigenvalue weighted by Gasteiger charge is 2.48. The van der Waals surface area contributed by atoms with Crippen molar-refractivity contribution in [2.45, 2.75) is 19.4 Å². The third-order valence-corrected chi connectivity index (χ3v) is 3.79. The van der Waals surface area contributed by atoms with E-state index >= 15 is 0 Å². The molecule has 2 aliphatic rings. The maximum Gasteiger partial charge on any atom is 0.534 e. The predicted molar refractivity (Wildman–Crippen MR) is 83.9 cm³/mol. The van der Waals surface area contributed by atoms with Gasteiger partial charge in [0.15, 0.2) is 16.8 Å². The smallest absolute Gasteiger partial charge is 0.453 e. The molecule has 0 N–H and O–H groups in total. The van der Waals surface area contributed by atoms with E-state index in [1.54, 1.807) is 0 Å². The zero-order chi connectivity index (χ0) is 18.8. The minimum Gasteiger partial charge on any atom is -0.453 e. The van der Waals surface area contributed by atoms with E-state index in [9.17, 15) is 26.4 Å². The first kappa shape index (κ1) is 18.7. The van der Waals surface area contributed by atoms with Crippen molar-refractivity contribution in [3.63, 3.8) is 0 Å². The summed E-state index contributed by atoms with van der Waals surface area (Å²) in [6.45, 7) is 4.00. The molecule has 1 aromatic rings. The first-order chi connectivity index (χ1) is 11.7. The van der Waals surface area contributed by atoms with Gasteiger partial charge in [0.25, 0.3) is 0 Å². The highest BCUT2D eigenvalue weighted by atomic mass is 32.2. The van der Waals surface area contributed by atoms with E-state index in [2.05, 4.69) is 9.17 Å². The normalized spacial score (nSPS) is 11.9. The summed E-state index contributed by atoms with van der Waals surface area (Å²) < 4.78 is 68.2. The topological polar surface area (TPSA) is 86.5 Å². The second kappa shape index (κ2) is 6.71. The van der Waals surface area contributed by atoms with Crippen molar-refractivity contribution in [3.05, 3.63) is 46.6 Å². The Bertz CT molecular complexity index is 1030. The van der Waals surface area contributed by atoms with Crippen LogP contribution in [0.2, 0.25) is 0 Å². The molecular formula is C15H12F3NO5S. The molecule has 0 atom stereocenters. The van der Waals surface area contributed by atoms with E-state index in [4.69, 9.17) is 4.42 Å². The summed E-state index contributed by atoms with van der Waals surface area (Å²) in [5.74, 6) is -0.473. The second-order valence-corrected chi connectivity index (χ2v) is 5.99. The van der Waals surface area contributed by atoms with Crippen LogP contribution in [0.3, 0.4) is 0 Å². The Hall–Kier alpha value is -2.62. The number of hydrogen-bond acceptors (Lipinski definition) is 6. The van der Waals surface area contributed by atoms with Gasteiger partial charge >= 0.3 is 15.6 Å². The van der Waals surface area contributed by atoms with Crippen LogP contribution in [0.4, 0.5) is 13.2 Å². The van der Waals surface area contributed by atoms with Crippen molar-refractivity contribution in [1.82, 2.24) is 4.98 Å². The summed E-state index contributed by atoms with van der Waals surface area (Å²) in [5, 5.41) is 0. The van der Waals surface area contributed by atoms with E-state index in [0.717, 1.165) is 18.2 Å². The summed E-state index contributed by atoms with van der Waals surface area (Å²) in [4.78, 5) is 15.4. The van der Waals surface area contributed by atoms with Crippen LogP contribution in [0, 0.1) is 0 Å². The zero-order valence-corrected chi connectivity index (χ0v) is 13.8. The van der Waals surface area contributed by atoms with Gasteiger partial charge in [-0.05, 0) is 24.3 Å².